The molecule has 0 bridgehead atoms. The Kier molecular flexibility index (Phi) is 7.64. The number of benzene rings is 4. The normalized spacial score (nSPS) is 16.9. The zero-order chi connectivity index (χ0) is 28.3. The maximum absolute atomic E-state index is 14.6. The highest BCUT2D eigenvalue weighted by Crippen LogP contribution is 2.38. The Morgan fingerprint density at radius 1 is 0.825 bits per heavy atom. The first-order chi connectivity index (χ1) is 19.2. The molecule has 1 aliphatic heterocycles. The maximum atomic E-state index is 14.6. The van der Waals surface area contributed by atoms with Crippen LogP contribution in [0.2, 0.25) is 0 Å². The summed E-state index contributed by atoms with van der Waals surface area (Å²) in [6, 6.07) is 24.7. The zero-order valence-corrected chi connectivity index (χ0v) is 21.0. The summed E-state index contributed by atoms with van der Waals surface area (Å²) in [5.74, 6) is -2.84. The van der Waals surface area contributed by atoms with Crippen molar-refractivity contribution in [1.29, 1.82) is 0 Å². The number of nitrogens with zero attached hydrogens (tertiary/aromatic N) is 1. The van der Waals surface area contributed by atoms with Crippen LogP contribution in [0.15, 0.2) is 102 Å². The number of nitrogens with one attached hydrogen (secondary N) is 1. The molecule has 4 nitrogen and oxygen atoms in total. The number of hydrogen-bond donors (Lipinski definition) is 1. The predicted octanol–water partition coefficient (Wildman–Crippen LogP) is 7.40. The Hall–Kier alpha value is -4.53. The number of halogens is 5. The van der Waals surface area contributed by atoms with Gasteiger partial charge in [0.25, 0.3) is 0 Å². The number of aliphatic imine (C=N–C) groups is 1. The van der Waals surface area contributed by atoms with Crippen molar-refractivity contribution >= 4 is 11.6 Å². The topological polar surface area (TPSA) is 50.7 Å². The van der Waals surface area contributed by atoms with Gasteiger partial charge in [0, 0.05) is 18.7 Å². The van der Waals surface area contributed by atoms with E-state index in [0.29, 0.717) is 17.7 Å². The summed E-state index contributed by atoms with van der Waals surface area (Å²) < 4.78 is 70.5. The Morgan fingerprint density at radius 2 is 1.43 bits per heavy atom. The standard InChI is InChI=1S/C31H23F5N2O2/c32-25-7-4-8-26(33)28(25)27-17-24(30(39)37-18-19-5-2-1-3-6-19)29(38-27)22-11-9-20(10-12-22)21-13-15-23(16-14-21)40-31(34,35)36/h1-16,24,29H,17-18H2,(H,37,39)/t24-,29?/m0/s1. The van der Waals surface area contributed by atoms with Gasteiger partial charge in [-0.05, 0) is 46.5 Å². The highest BCUT2D eigenvalue weighted by atomic mass is 19.4. The lowest BCUT2D eigenvalue weighted by Gasteiger charge is -2.18. The second-order valence-corrected chi connectivity index (χ2v) is 9.33. The van der Waals surface area contributed by atoms with Gasteiger partial charge in [-0.2, -0.15) is 0 Å². The molecule has 1 amide bonds. The van der Waals surface area contributed by atoms with Gasteiger partial charge < -0.3 is 10.1 Å². The van der Waals surface area contributed by atoms with Crippen molar-refractivity contribution < 1.29 is 31.5 Å². The molecule has 1 aliphatic rings. The van der Waals surface area contributed by atoms with Gasteiger partial charge in [0.2, 0.25) is 5.91 Å². The minimum atomic E-state index is -4.78. The fourth-order valence-corrected chi connectivity index (χ4v) is 4.75. The lowest BCUT2D eigenvalue weighted by molar-refractivity contribution is -0.274. The first-order valence-electron chi connectivity index (χ1n) is 12.5. The second-order valence-electron chi connectivity index (χ2n) is 9.33. The monoisotopic (exact) mass is 550 g/mol. The van der Waals surface area contributed by atoms with Crippen LogP contribution in [0.4, 0.5) is 22.0 Å². The molecule has 0 spiro atoms. The van der Waals surface area contributed by atoms with E-state index < -0.39 is 30.0 Å². The third-order valence-corrected chi connectivity index (χ3v) is 6.66. The minimum Gasteiger partial charge on any atom is -0.406 e. The van der Waals surface area contributed by atoms with Crippen LogP contribution >= 0.6 is 0 Å². The van der Waals surface area contributed by atoms with Gasteiger partial charge in [-0.25, -0.2) is 8.78 Å². The SMILES string of the molecule is O=C(NCc1ccccc1)[C@H]1CC(c2c(F)cccc2F)=NC1c1ccc(-c2ccc(OC(F)(F)F)cc2)cc1. The third kappa shape index (κ3) is 6.20. The van der Waals surface area contributed by atoms with Crippen molar-refractivity contribution in [3.63, 3.8) is 0 Å². The predicted molar refractivity (Wildman–Crippen MR) is 141 cm³/mol. The molecule has 0 aliphatic carbocycles. The van der Waals surface area contributed by atoms with Gasteiger partial charge in [-0.1, -0.05) is 72.8 Å². The quantitative estimate of drug-likeness (QED) is 0.244. The zero-order valence-electron chi connectivity index (χ0n) is 21.0. The van der Waals surface area contributed by atoms with E-state index in [1.165, 1.54) is 30.3 Å². The van der Waals surface area contributed by atoms with E-state index in [1.54, 1.807) is 24.3 Å². The molecule has 0 radical (unpaired) electrons. The molecule has 1 heterocycles. The van der Waals surface area contributed by atoms with Crippen LogP contribution in [0.3, 0.4) is 0 Å². The Labute approximate surface area is 227 Å². The average Bonchev–Trinajstić information content (AvgIpc) is 3.37. The van der Waals surface area contributed by atoms with Crippen LogP contribution in [0.1, 0.15) is 29.2 Å². The molecule has 4 aromatic rings. The molecule has 9 heteroatoms. The molecule has 40 heavy (non-hydrogen) atoms. The minimum absolute atomic E-state index is 0.0472. The number of amides is 1. The van der Waals surface area contributed by atoms with Crippen molar-refractivity contribution in [1.82, 2.24) is 5.32 Å². The van der Waals surface area contributed by atoms with E-state index in [4.69, 9.17) is 0 Å². The molecule has 204 valence electrons. The summed E-state index contributed by atoms with van der Waals surface area (Å²) >= 11 is 0. The molecule has 0 fully saturated rings. The first-order valence-corrected chi connectivity index (χ1v) is 12.5. The Morgan fingerprint density at radius 3 is 2.02 bits per heavy atom. The number of hydrogen-bond acceptors (Lipinski definition) is 3. The van der Waals surface area contributed by atoms with Gasteiger partial charge in [0.15, 0.2) is 0 Å². The third-order valence-electron chi connectivity index (χ3n) is 6.66. The van der Waals surface area contributed by atoms with E-state index in [2.05, 4.69) is 15.0 Å². The number of ether oxygens (including phenoxy) is 1. The smallest absolute Gasteiger partial charge is 0.406 e. The molecule has 5 rings (SSSR count). The molecule has 1 N–H and O–H groups in total. The number of alkyl halides is 3. The summed E-state index contributed by atoms with van der Waals surface area (Å²) in [6.07, 6.45) is -4.73. The number of carbonyl (C=O) groups is 1. The highest BCUT2D eigenvalue weighted by Gasteiger charge is 2.37. The summed E-state index contributed by atoms with van der Waals surface area (Å²) in [5.41, 5.74) is 2.86. The molecule has 0 saturated heterocycles. The average molecular weight is 551 g/mol. The van der Waals surface area contributed by atoms with Crippen LogP contribution in [-0.4, -0.2) is 18.0 Å². The fourth-order valence-electron chi connectivity index (χ4n) is 4.75. The van der Waals surface area contributed by atoms with Gasteiger partial charge in [0.1, 0.15) is 17.4 Å². The summed E-state index contributed by atoms with van der Waals surface area (Å²) in [4.78, 5) is 17.9. The summed E-state index contributed by atoms with van der Waals surface area (Å²) in [5, 5.41) is 2.91. The van der Waals surface area contributed by atoms with E-state index in [1.807, 2.05) is 30.3 Å². The van der Waals surface area contributed by atoms with Gasteiger partial charge in [-0.15, -0.1) is 13.2 Å². The van der Waals surface area contributed by atoms with Crippen LogP contribution in [0, 0.1) is 17.6 Å². The van der Waals surface area contributed by atoms with Crippen molar-refractivity contribution in [2.75, 3.05) is 0 Å². The number of rotatable bonds is 7. The molecular formula is C31H23F5N2O2. The van der Waals surface area contributed by atoms with E-state index in [9.17, 15) is 26.7 Å². The maximum Gasteiger partial charge on any atom is 0.573 e. The van der Waals surface area contributed by atoms with Crippen LogP contribution in [-0.2, 0) is 11.3 Å². The summed E-state index contributed by atoms with van der Waals surface area (Å²) in [6.45, 7) is 0.291. The lowest BCUT2D eigenvalue weighted by Crippen LogP contribution is -2.32. The van der Waals surface area contributed by atoms with E-state index in [-0.39, 0.29) is 29.4 Å². The molecule has 0 saturated carbocycles. The van der Waals surface area contributed by atoms with Crippen molar-refractivity contribution in [3.8, 4) is 16.9 Å². The summed E-state index contributed by atoms with van der Waals surface area (Å²) in [7, 11) is 0. The lowest BCUT2D eigenvalue weighted by atomic mass is 9.89. The van der Waals surface area contributed by atoms with Crippen molar-refractivity contribution in [2.45, 2.75) is 25.4 Å². The van der Waals surface area contributed by atoms with E-state index in [0.717, 1.165) is 23.3 Å². The first kappa shape index (κ1) is 27.1. The fraction of sp³-hybridized carbons (Fsp3) is 0.161. The van der Waals surface area contributed by atoms with Gasteiger partial charge >= 0.3 is 6.36 Å². The molecule has 2 atom stereocenters. The molecule has 0 aromatic heterocycles. The second kappa shape index (κ2) is 11.3. The molecular weight excluding hydrogens is 527 g/mol. The highest BCUT2D eigenvalue weighted by molar-refractivity contribution is 6.05. The Bertz CT molecular complexity index is 1500. The van der Waals surface area contributed by atoms with Crippen LogP contribution in [0.25, 0.3) is 11.1 Å². The van der Waals surface area contributed by atoms with Crippen LogP contribution < -0.4 is 10.1 Å². The Balaban J connectivity index is 1.40. The van der Waals surface area contributed by atoms with Gasteiger partial charge in [0.05, 0.1) is 17.5 Å². The molecule has 1 unspecified atom stereocenters. The van der Waals surface area contributed by atoms with Crippen molar-refractivity contribution in [3.05, 3.63) is 125 Å². The largest absolute Gasteiger partial charge is 0.573 e. The van der Waals surface area contributed by atoms with Crippen molar-refractivity contribution in [2.24, 2.45) is 10.9 Å². The van der Waals surface area contributed by atoms with Crippen LogP contribution in [0.5, 0.6) is 5.75 Å². The van der Waals surface area contributed by atoms with E-state index >= 15 is 0 Å². The van der Waals surface area contributed by atoms with Gasteiger partial charge in [-0.3, -0.25) is 9.79 Å². The number of carbonyl (C=O) groups excluding carboxylic acids is 1. The molecule has 4 aromatic carbocycles.